The van der Waals surface area contributed by atoms with E-state index in [4.69, 9.17) is 0 Å². The molecule has 2 aromatic heterocycles. The summed E-state index contributed by atoms with van der Waals surface area (Å²) >= 11 is 0.634. The van der Waals surface area contributed by atoms with E-state index in [1.54, 1.807) is 27.7 Å². The molecule has 1 aliphatic heterocycles. The van der Waals surface area contributed by atoms with Crippen LogP contribution < -0.4 is 5.32 Å². The largest absolute Gasteiger partial charge is 0.435 e. The lowest BCUT2D eigenvalue weighted by Crippen LogP contribution is -2.37. The van der Waals surface area contributed by atoms with Crippen LogP contribution in [0.15, 0.2) is 24.4 Å². The SMILES string of the molecule is CC(C)NC(=O)C1=CN(C(=O)c2ccc(F)c(F)c2)CC(C)(C)c2c1[nH]c1snc(C(F)(F)F)c21. The maximum absolute atomic E-state index is 13.8. The van der Waals surface area contributed by atoms with Crippen LogP contribution in [0.2, 0.25) is 0 Å². The molecule has 0 unspecified atom stereocenters. The maximum Gasteiger partial charge on any atom is 0.435 e. The first-order chi connectivity index (χ1) is 16.2. The fraction of sp³-hybridized carbons (Fsp3) is 0.348. The van der Waals surface area contributed by atoms with E-state index >= 15 is 0 Å². The van der Waals surface area contributed by atoms with Crippen molar-refractivity contribution in [3.05, 3.63) is 58.5 Å². The van der Waals surface area contributed by atoms with E-state index in [0.717, 1.165) is 23.1 Å². The smallest absolute Gasteiger partial charge is 0.350 e. The molecule has 1 aliphatic rings. The van der Waals surface area contributed by atoms with Gasteiger partial charge < -0.3 is 15.2 Å². The first-order valence-corrected chi connectivity index (χ1v) is 11.4. The number of carbonyl (C=O) groups excluding carboxylic acids is 2. The molecule has 0 radical (unpaired) electrons. The van der Waals surface area contributed by atoms with Crippen LogP contribution in [0.3, 0.4) is 0 Å². The monoisotopic (exact) mass is 512 g/mol. The highest BCUT2D eigenvalue weighted by Gasteiger charge is 2.43. The molecule has 35 heavy (non-hydrogen) atoms. The number of carbonyl (C=O) groups is 2. The Bertz CT molecular complexity index is 1370. The summed E-state index contributed by atoms with van der Waals surface area (Å²) in [4.78, 5) is 30.6. The number of hydrogen-bond donors (Lipinski definition) is 2. The minimum Gasteiger partial charge on any atom is -0.350 e. The van der Waals surface area contributed by atoms with Crippen molar-refractivity contribution in [3.8, 4) is 0 Å². The molecule has 0 saturated heterocycles. The molecular formula is C23H21F5N4O2S. The Labute approximate surface area is 201 Å². The molecule has 0 atom stereocenters. The Hall–Kier alpha value is -3.28. The van der Waals surface area contributed by atoms with Crippen LogP contribution in [-0.2, 0) is 16.4 Å². The molecule has 1 aromatic carbocycles. The molecule has 3 heterocycles. The minimum absolute atomic E-state index is 0.0632. The second-order valence-corrected chi connectivity index (χ2v) is 10.00. The highest BCUT2D eigenvalue weighted by molar-refractivity contribution is 7.13. The zero-order chi connectivity index (χ0) is 25.9. The van der Waals surface area contributed by atoms with Gasteiger partial charge >= 0.3 is 6.18 Å². The topological polar surface area (TPSA) is 78.1 Å². The summed E-state index contributed by atoms with van der Waals surface area (Å²) in [5.74, 6) is -3.71. The molecule has 2 N–H and O–H groups in total. The Kier molecular flexibility index (Phi) is 5.98. The molecule has 6 nitrogen and oxygen atoms in total. The van der Waals surface area contributed by atoms with Gasteiger partial charge in [-0.2, -0.15) is 17.5 Å². The van der Waals surface area contributed by atoms with Gasteiger partial charge in [-0.3, -0.25) is 9.59 Å². The molecule has 2 amide bonds. The second-order valence-electron chi connectivity index (χ2n) is 9.22. The molecule has 0 aliphatic carbocycles. The first-order valence-electron chi connectivity index (χ1n) is 10.6. The number of aromatic amines is 1. The quantitative estimate of drug-likeness (QED) is 0.473. The van der Waals surface area contributed by atoms with Crippen LogP contribution in [-0.4, -0.2) is 38.7 Å². The Morgan fingerprint density at radius 3 is 2.49 bits per heavy atom. The molecule has 4 rings (SSSR count). The van der Waals surface area contributed by atoms with Crippen molar-refractivity contribution < 1.29 is 31.5 Å². The molecular weight excluding hydrogens is 491 g/mol. The summed E-state index contributed by atoms with van der Waals surface area (Å²) in [5, 5.41) is 2.54. The van der Waals surface area contributed by atoms with Gasteiger partial charge in [-0.05, 0) is 49.1 Å². The summed E-state index contributed by atoms with van der Waals surface area (Å²) in [6.45, 7) is 6.56. The van der Waals surface area contributed by atoms with E-state index in [1.165, 1.54) is 6.20 Å². The number of nitrogens with one attached hydrogen (secondary N) is 2. The average Bonchev–Trinajstić information content (AvgIpc) is 3.27. The van der Waals surface area contributed by atoms with Gasteiger partial charge in [-0.15, -0.1) is 0 Å². The third kappa shape index (κ3) is 4.42. The van der Waals surface area contributed by atoms with Crippen LogP contribution in [0, 0.1) is 11.6 Å². The Morgan fingerprint density at radius 2 is 1.89 bits per heavy atom. The van der Waals surface area contributed by atoms with Crippen molar-refractivity contribution in [2.45, 2.75) is 45.3 Å². The number of nitrogens with zero attached hydrogens (tertiary/aromatic N) is 2. The van der Waals surface area contributed by atoms with Gasteiger partial charge in [0.25, 0.3) is 11.8 Å². The van der Waals surface area contributed by atoms with Gasteiger partial charge in [0.05, 0.1) is 11.3 Å². The number of hydrogen-bond acceptors (Lipinski definition) is 4. The van der Waals surface area contributed by atoms with Gasteiger partial charge in [0, 0.05) is 35.2 Å². The number of benzene rings is 1. The van der Waals surface area contributed by atoms with E-state index in [0.29, 0.717) is 11.5 Å². The van der Waals surface area contributed by atoms with Crippen LogP contribution in [0.5, 0.6) is 0 Å². The Balaban J connectivity index is 1.93. The molecule has 186 valence electrons. The number of halogens is 5. The molecule has 0 spiro atoms. The zero-order valence-corrected chi connectivity index (χ0v) is 19.9. The summed E-state index contributed by atoms with van der Waals surface area (Å²) in [6.07, 6.45) is -3.50. The van der Waals surface area contributed by atoms with Crippen molar-refractivity contribution in [2.75, 3.05) is 6.54 Å². The molecule has 0 fully saturated rings. The summed E-state index contributed by atoms with van der Waals surface area (Å²) in [5.41, 5.74) is -2.08. The highest BCUT2D eigenvalue weighted by atomic mass is 32.1. The third-order valence-corrected chi connectivity index (χ3v) is 6.35. The van der Waals surface area contributed by atoms with Crippen LogP contribution in [0.25, 0.3) is 15.8 Å². The van der Waals surface area contributed by atoms with Crippen LogP contribution >= 0.6 is 11.5 Å². The van der Waals surface area contributed by atoms with E-state index in [-0.39, 0.29) is 45.2 Å². The fourth-order valence-corrected chi connectivity index (χ4v) is 5.00. The number of fused-ring (bicyclic) bond motifs is 3. The molecule has 0 saturated carbocycles. The maximum atomic E-state index is 13.8. The summed E-state index contributed by atoms with van der Waals surface area (Å²) in [7, 11) is 0. The van der Waals surface area contributed by atoms with E-state index < -0.39 is 40.7 Å². The molecule has 12 heteroatoms. The van der Waals surface area contributed by atoms with Crippen LogP contribution in [0.1, 0.15) is 55.0 Å². The van der Waals surface area contributed by atoms with Crippen molar-refractivity contribution >= 4 is 39.1 Å². The summed E-state index contributed by atoms with van der Waals surface area (Å²) < 4.78 is 72.1. The van der Waals surface area contributed by atoms with Crippen molar-refractivity contribution in [3.63, 3.8) is 0 Å². The minimum atomic E-state index is -4.73. The van der Waals surface area contributed by atoms with Gasteiger partial charge in [0.15, 0.2) is 17.3 Å². The predicted molar refractivity (Wildman–Crippen MR) is 121 cm³/mol. The Morgan fingerprint density at radius 1 is 1.20 bits per heavy atom. The van der Waals surface area contributed by atoms with Crippen molar-refractivity contribution in [2.24, 2.45) is 0 Å². The average molecular weight is 513 g/mol. The van der Waals surface area contributed by atoms with Crippen LogP contribution in [0.4, 0.5) is 22.0 Å². The lowest BCUT2D eigenvalue weighted by molar-refractivity contribution is -0.139. The van der Waals surface area contributed by atoms with Crippen molar-refractivity contribution in [1.82, 2.24) is 19.6 Å². The first kappa shape index (κ1) is 24.8. The van der Waals surface area contributed by atoms with E-state index in [2.05, 4.69) is 14.7 Å². The molecule has 3 aromatic rings. The predicted octanol–water partition coefficient (Wildman–Crippen LogP) is 5.22. The van der Waals surface area contributed by atoms with Gasteiger partial charge in [-0.25, -0.2) is 8.78 Å². The highest BCUT2D eigenvalue weighted by Crippen LogP contribution is 2.46. The van der Waals surface area contributed by atoms with E-state index in [9.17, 15) is 31.5 Å². The third-order valence-electron chi connectivity index (χ3n) is 5.59. The van der Waals surface area contributed by atoms with Gasteiger partial charge in [0.1, 0.15) is 4.83 Å². The molecule has 0 bridgehead atoms. The lowest BCUT2D eigenvalue weighted by atomic mass is 9.81. The fourth-order valence-electron chi connectivity index (χ4n) is 4.19. The number of amides is 2. The number of aromatic nitrogens is 2. The normalized spacial score (nSPS) is 15.7. The second kappa shape index (κ2) is 8.43. The van der Waals surface area contributed by atoms with Gasteiger partial charge in [-0.1, -0.05) is 13.8 Å². The zero-order valence-electron chi connectivity index (χ0n) is 19.1. The number of H-pyrrole nitrogens is 1. The summed E-state index contributed by atoms with van der Waals surface area (Å²) in [6, 6.07) is 2.34. The lowest BCUT2D eigenvalue weighted by Gasteiger charge is -2.29. The number of alkyl halides is 3. The number of rotatable bonds is 3. The standard InChI is InChI=1S/C23H21F5N4O2S/c1-10(2)29-19(33)12-8-32(21(34)11-5-6-13(24)14(25)7-11)9-22(3,4)16-15-18(23(26,27)28)31-35-20(15)30-17(12)16/h5-8,10,30H,9H2,1-4H3,(H,29,33). The van der Waals surface area contributed by atoms with E-state index in [1.807, 2.05) is 0 Å². The van der Waals surface area contributed by atoms with Gasteiger partial charge in [0.2, 0.25) is 0 Å². The van der Waals surface area contributed by atoms with Crippen molar-refractivity contribution in [1.29, 1.82) is 0 Å².